The largest absolute Gasteiger partial charge is 0.337 e. The number of nitrogens with zero attached hydrogens (tertiary/aromatic N) is 2. The second-order valence-corrected chi connectivity index (χ2v) is 9.23. The highest BCUT2D eigenvalue weighted by Gasteiger charge is 2.30. The van der Waals surface area contributed by atoms with Crippen LogP contribution in [0.3, 0.4) is 0 Å². The molecular weight excluding hydrogens is 368 g/mol. The molecule has 138 valence electrons. The molecule has 1 amide bonds. The molecule has 0 spiro atoms. The summed E-state index contributed by atoms with van der Waals surface area (Å²) in [7, 11) is -3.53. The van der Waals surface area contributed by atoms with Crippen molar-refractivity contribution in [1.82, 2.24) is 9.21 Å². The Bertz CT molecular complexity index is 910. The van der Waals surface area contributed by atoms with Crippen molar-refractivity contribution in [3.8, 4) is 0 Å². The van der Waals surface area contributed by atoms with Crippen molar-refractivity contribution < 1.29 is 13.2 Å². The Balaban J connectivity index is 1.65. The van der Waals surface area contributed by atoms with Crippen molar-refractivity contribution in [2.75, 3.05) is 26.2 Å². The molecule has 1 aliphatic rings. The van der Waals surface area contributed by atoms with Crippen molar-refractivity contribution in [1.29, 1.82) is 0 Å². The summed E-state index contributed by atoms with van der Waals surface area (Å²) >= 11 is 1.57. The zero-order chi connectivity index (χ0) is 18.7. The number of aryl methyl sites for hydroxylation is 2. The van der Waals surface area contributed by atoms with Gasteiger partial charge in [0, 0.05) is 37.1 Å². The Labute approximate surface area is 158 Å². The topological polar surface area (TPSA) is 57.7 Å². The van der Waals surface area contributed by atoms with Gasteiger partial charge in [-0.3, -0.25) is 4.79 Å². The fraction of sp³-hybridized carbons (Fsp3) is 0.316. The highest BCUT2D eigenvalue weighted by atomic mass is 32.2. The number of carbonyl (C=O) groups excluding carboxylic acids is 1. The minimum Gasteiger partial charge on any atom is -0.337 e. The number of carbonyl (C=O) groups is 1. The maximum Gasteiger partial charge on any atom is 0.246 e. The Morgan fingerprint density at radius 2 is 1.85 bits per heavy atom. The van der Waals surface area contributed by atoms with E-state index >= 15 is 0 Å². The van der Waals surface area contributed by atoms with Crippen molar-refractivity contribution in [3.63, 3.8) is 0 Å². The van der Waals surface area contributed by atoms with E-state index in [1.54, 1.807) is 34.5 Å². The molecule has 0 aliphatic carbocycles. The molecule has 0 saturated carbocycles. The minimum atomic E-state index is -3.53. The van der Waals surface area contributed by atoms with E-state index < -0.39 is 10.0 Å². The Morgan fingerprint density at radius 1 is 1.12 bits per heavy atom. The Hall–Kier alpha value is -1.96. The summed E-state index contributed by atoms with van der Waals surface area (Å²) in [5.74, 6) is -0.0815. The molecular formula is C19H22N2O3S2. The average molecular weight is 391 g/mol. The number of benzene rings is 1. The normalized spacial score (nSPS) is 16.3. The maximum atomic E-state index is 12.9. The fourth-order valence-electron chi connectivity index (χ4n) is 3.02. The lowest BCUT2D eigenvalue weighted by atomic mass is 10.2. The molecule has 1 aromatic carbocycles. The van der Waals surface area contributed by atoms with Crippen LogP contribution < -0.4 is 0 Å². The lowest BCUT2D eigenvalue weighted by molar-refractivity contribution is -0.127. The number of hydrogen-bond donors (Lipinski definition) is 0. The van der Waals surface area contributed by atoms with Crippen molar-refractivity contribution in [2.24, 2.45) is 0 Å². The average Bonchev–Trinajstić information content (AvgIpc) is 3.13. The van der Waals surface area contributed by atoms with Gasteiger partial charge in [0.1, 0.15) is 0 Å². The van der Waals surface area contributed by atoms with Gasteiger partial charge in [-0.2, -0.15) is 4.31 Å². The standard InChI is InChI=1S/C19H22N2O3S2/c1-15-5-7-18(16(2)14-15)26(23,24)21-11-9-20(10-12-21)19(22)8-6-17-4-3-13-25-17/h3-8,13-14H,9-12H2,1-2H3/b8-6+. The highest BCUT2D eigenvalue weighted by Crippen LogP contribution is 2.22. The molecule has 0 bridgehead atoms. The first kappa shape index (κ1) is 18.8. The summed E-state index contributed by atoms with van der Waals surface area (Å²) in [6.45, 7) is 5.19. The van der Waals surface area contributed by atoms with Crippen LogP contribution in [0, 0.1) is 13.8 Å². The summed E-state index contributed by atoms with van der Waals surface area (Å²) in [5, 5.41) is 1.96. The maximum absolute atomic E-state index is 12.9. The first-order valence-corrected chi connectivity index (χ1v) is 10.8. The molecule has 1 saturated heterocycles. The van der Waals surface area contributed by atoms with Gasteiger partial charge in [0.2, 0.25) is 15.9 Å². The van der Waals surface area contributed by atoms with E-state index in [2.05, 4.69) is 0 Å². The number of thiophene rings is 1. The van der Waals surface area contributed by atoms with Gasteiger partial charge < -0.3 is 4.90 Å². The molecule has 1 aromatic heterocycles. The monoisotopic (exact) mass is 390 g/mol. The van der Waals surface area contributed by atoms with Crippen molar-refractivity contribution in [3.05, 3.63) is 57.8 Å². The van der Waals surface area contributed by atoms with Crippen LogP contribution in [0.4, 0.5) is 0 Å². The summed E-state index contributed by atoms with van der Waals surface area (Å²) < 4.78 is 27.2. The van der Waals surface area contributed by atoms with E-state index in [1.165, 1.54) is 4.31 Å². The molecule has 1 fully saturated rings. The number of amides is 1. The van der Waals surface area contributed by atoms with Gasteiger partial charge in [0.25, 0.3) is 0 Å². The first-order chi connectivity index (χ1) is 12.4. The molecule has 0 atom stereocenters. The number of hydrogen-bond acceptors (Lipinski definition) is 4. The van der Waals surface area contributed by atoms with E-state index in [0.717, 1.165) is 16.0 Å². The van der Waals surface area contributed by atoms with Gasteiger partial charge in [0.05, 0.1) is 4.90 Å². The van der Waals surface area contributed by atoms with Crippen LogP contribution in [0.15, 0.2) is 46.7 Å². The molecule has 2 aromatic rings. The molecule has 26 heavy (non-hydrogen) atoms. The summed E-state index contributed by atoms with van der Waals surface area (Å²) in [6, 6.07) is 9.24. The third-order valence-electron chi connectivity index (χ3n) is 4.43. The lowest BCUT2D eigenvalue weighted by Crippen LogP contribution is -2.50. The second-order valence-electron chi connectivity index (χ2n) is 6.35. The quantitative estimate of drug-likeness (QED) is 0.755. The highest BCUT2D eigenvalue weighted by molar-refractivity contribution is 7.89. The van der Waals surface area contributed by atoms with Gasteiger partial charge >= 0.3 is 0 Å². The SMILES string of the molecule is Cc1ccc(S(=O)(=O)N2CCN(C(=O)/C=C/c3cccs3)CC2)c(C)c1. The number of sulfonamides is 1. The number of rotatable bonds is 4. The predicted octanol–water partition coefficient (Wildman–Crippen LogP) is 2.91. The summed E-state index contributed by atoms with van der Waals surface area (Å²) in [5.41, 5.74) is 1.79. The van der Waals surface area contributed by atoms with Gasteiger partial charge in [-0.15, -0.1) is 11.3 Å². The molecule has 0 unspecified atom stereocenters. The fourth-order valence-corrected chi connectivity index (χ4v) is 5.27. The van der Waals surface area contributed by atoms with Crippen LogP contribution in [0.25, 0.3) is 6.08 Å². The van der Waals surface area contributed by atoms with Crippen molar-refractivity contribution >= 4 is 33.3 Å². The predicted molar refractivity (Wildman–Crippen MR) is 105 cm³/mol. The van der Waals surface area contributed by atoms with Crippen molar-refractivity contribution in [2.45, 2.75) is 18.7 Å². The number of piperazine rings is 1. The molecule has 2 heterocycles. The molecule has 3 rings (SSSR count). The Morgan fingerprint density at radius 3 is 2.46 bits per heavy atom. The zero-order valence-electron chi connectivity index (χ0n) is 14.9. The van der Waals surface area contributed by atoms with Gasteiger partial charge in [-0.25, -0.2) is 8.42 Å². The van der Waals surface area contributed by atoms with E-state index in [-0.39, 0.29) is 5.91 Å². The smallest absolute Gasteiger partial charge is 0.246 e. The van der Waals surface area contributed by atoms with E-state index in [1.807, 2.05) is 43.5 Å². The first-order valence-electron chi connectivity index (χ1n) is 8.46. The molecule has 7 heteroatoms. The minimum absolute atomic E-state index is 0.0815. The van der Waals surface area contributed by atoms with Crippen LogP contribution in [0.2, 0.25) is 0 Å². The van der Waals surface area contributed by atoms with Crippen LogP contribution in [0.1, 0.15) is 16.0 Å². The van der Waals surface area contributed by atoms with Gasteiger partial charge in [-0.05, 0) is 43.0 Å². The third kappa shape index (κ3) is 4.06. The van der Waals surface area contributed by atoms with Gasteiger partial charge in [-0.1, -0.05) is 23.8 Å². The molecule has 0 N–H and O–H groups in total. The summed E-state index contributed by atoms with van der Waals surface area (Å²) in [6.07, 6.45) is 3.35. The lowest BCUT2D eigenvalue weighted by Gasteiger charge is -2.33. The van der Waals surface area contributed by atoms with Crippen LogP contribution in [0.5, 0.6) is 0 Å². The van der Waals surface area contributed by atoms with E-state index in [0.29, 0.717) is 31.1 Å². The van der Waals surface area contributed by atoms with Crippen LogP contribution in [-0.2, 0) is 14.8 Å². The van der Waals surface area contributed by atoms with E-state index in [9.17, 15) is 13.2 Å². The second kappa shape index (κ2) is 7.73. The van der Waals surface area contributed by atoms with Crippen LogP contribution >= 0.6 is 11.3 Å². The van der Waals surface area contributed by atoms with Gasteiger partial charge in [0.15, 0.2) is 0 Å². The Kier molecular flexibility index (Phi) is 5.60. The van der Waals surface area contributed by atoms with Crippen LogP contribution in [-0.4, -0.2) is 49.7 Å². The summed E-state index contributed by atoms with van der Waals surface area (Å²) in [4.78, 5) is 15.3. The zero-order valence-corrected chi connectivity index (χ0v) is 16.5. The molecule has 1 aliphatic heterocycles. The molecule has 0 radical (unpaired) electrons. The third-order valence-corrected chi connectivity index (χ3v) is 7.33. The van der Waals surface area contributed by atoms with E-state index in [4.69, 9.17) is 0 Å². The molecule has 5 nitrogen and oxygen atoms in total.